The molecule has 1 aliphatic heterocycles. The van der Waals surface area contributed by atoms with E-state index in [-0.39, 0.29) is 6.61 Å². The summed E-state index contributed by atoms with van der Waals surface area (Å²) in [5.74, 6) is 1.70. The van der Waals surface area contributed by atoms with E-state index >= 15 is 0 Å². The second-order valence-corrected chi connectivity index (χ2v) is 5.32. The van der Waals surface area contributed by atoms with Gasteiger partial charge in [-0.25, -0.2) is 0 Å². The molecule has 4 nitrogen and oxygen atoms in total. The fourth-order valence-corrected chi connectivity index (χ4v) is 2.69. The maximum absolute atomic E-state index is 9.02. The molecule has 19 heavy (non-hydrogen) atoms. The Morgan fingerprint density at radius 3 is 2.79 bits per heavy atom. The molecule has 1 aromatic carbocycles. The zero-order valence-electron chi connectivity index (χ0n) is 11.2. The molecule has 0 saturated heterocycles. The number of fused-ring (bicyclic) bond motifs is 1. The number of hydrogen-bond donors (Lipinski definition) is 1. The third-order valence-corrected chi connectivity index (χ3v) is 4.02. The molecule has 0 unspecified atom stereocenters. The Morgan fingerprint density at radius 1 is 1.21 bits per heavy atom. The van der Waals surface area contributed by atoms with Crippen LogP contribution in [0.2, 0.25) is 0 Å². The van der Waals surface area contributed by atoms with Crippen molar-refractivity contribution in [1.29, 1.82) is 0 Å². The van der Waals surface area contributed by atoms with Crippen LogP contribution in [0, 0.1) is 0 Å². The highest BCUT2D eigenvalue weighted by atomic mass is 16.7. The lowest BCUT2D eigenvalue weighted by atomic mass is 9.91. The number of ether oxygens (including phenoxy) is 2. The molecule has 0 amide bonds. The van der Waals surface area contributed by atoms with Gasteiger partial charge >= 0.3 is 0 Å². The minimum Gasteiger partial charge on any atom is -0.454 e. The van der Waals surface area contributed by atoms with Crippen molar-refractivity contribution in [2.24, 2.45) is 0 Å². The Hall–Kier alpha value is -1.26. The molecule has 1 saturated carbocycles. The quantitative estimate of drug-likeness (QED) is 0.854. The largest absolute Gasteiger partial charge is 0.454 e. The average Bonchev–Trinajstić information content (AvgIpc) is 2.81. The third-order valence-electron chi connectivity index (χ3n) is 4.02. The van der Waals surface area contributed by atoms with E-state index in [2.05, 4.69) is 17.0 Å². The maximum atomic E-state index is 9.02. The van der Waals surface area contributed by atoms with Crippen molar-refractivity contribution in [2.75, 3.05) is 19.9 Å². The highest BCUT2D eigenvalue weighted by Crippen LogP contribution is 2.33. The van der Waals surface area contributed by atoms with Crippen LogP contribution in [0.25, 0.3) is 0 Å². The summed E-state index contributed by atoms with van der Waals surface area (Å²) in [6.07, 6.45) is 4.76. The van der Waals surface area contributed by atoms with Gasteiger partial charge in [-0.15, -0.1) is 0 Å². The lowest BCUT2D eigenvalue weighted by Crippen LogP contribution is -2.40. The Balaban J connectivity index is 1.66. The standard InChI is InChI=1S/C15H21NO3/c17-8-2-7-16(13-3-1-4-13)10-12-5-6-14-15(9-12)19-11-18-14/h5-6,9,13,17H,1-4,7-8,10-11H2. The van der Waals surface area contributed by atoms with Crippen LogP contribution < -0.4 is 9.47 Å². The molecule has 1 N–H and O–H groups in total. The summed E-state index contributed by atoms with van der Waals surface area (Å²) in [6.45, 7) is 2.50. The molecule has 0 spiro atoms. The fourth-order valence-electron chi connectivity index (χ4n) is 2.69. The topological polar surface area (TPSA) is 41.9 Å². The summed E-state index contributed by atoms with van der Waals surface area (Å²) >= 11 is 0. The van der Waals surface area contributed by atoms with Gasteiger partial charge in [0.2, 0.25) is 6.79 Å². The first-order valence-corrected chi connectivity index (χ1v) is 7.10. The van der Waals surface area contributed by atoms with E-state index in [9.17, 15) is 0 Å². The van der Waals surface area contributed by atoms with Gasteiger partial charge in [0.05, 0.1) is 0 Å². The van der Waals surface area contributed by atoms with Crippen molar-refractivity contribution in [3.8, 4) is 11.5 Å². The zero-order valence-corrected chi connectivity index (χ0v) is 11.2. The van der Waals surface area contributed by atoms with Crippen LogP contribution in [-0.4, -0.2) is 36.0 Å². The normalized spacial score (nSPS) is 17.8. The molecule has 0 bridgehead atoms. The number of aliphatic hydroxyl groups excluding tert-OH is 1. The van der Waals surface area contributed by atoms with Gasteiger partial charge in [-0.1, -0.05) is 12.5 Å². The predicted octanol–water partition coefficient (Wildman–Crippen LogP) is 2.15. The summed E-state index contributed by atoms with van der Waals surface area (Å²) < 4.78 is 10.8. The van der Waals surface area contributed by atoms with E-state index in [1.165, 1.54) is 24.8 Å². The first-order valence-electron chi connectivity index (χ1n) is 7.10. The second-order valence-electron chi connectivity index (χ2n) is 5.32. The van der Waals surface area contributed by atoms with Crippen LogP contribution in [-0.2, 0) is 6.54 Å². The minimum absolute atomic E-state index is 0.268. The lowest BCUT2D eigenvalue weighted by molar-refractivity contribution is 0.109. The fraction of sp³-hybridized carbons (Fsp3) is 0.600. The van der Waals surface area contributed by atoms with Crippen molar-refractivity contribution in [3.05, 3.63) is 23.8 Å². The monoisotopic (exact) mass is 263 g/mol. The SMILES string of the molecule is OCCCN(Cc1ccc2c(c1)OCO2)C1CCC1. The van der Waals surface area contributed by atoms with E-state index in [0.29, 0.717) is 12.8 Å². The van der Waals surface area contributed by atoms with Gasteiger partial charge in [0.15, 0.2) is 11.5 Å². The van der Waals surface area contributed by atoms with Crippen molar-refractivity contribution < 1.29 is 14.6 Å². The Morgan fingerprint density at radius 2 is 2.05 bits per heavy atom. The smallest absolute Gasteiger partial charge is 0.231 e. The summed E-state index contributed by atoms with van der Waals surface area (Å²) in [5.41, 5.74) is 1.26. The van der Waals surface area contributed by atoms with Gasteiger partial charge in [-0.2, -0.15) is 0 Å². The van der Waals surface area contributed by atoms with Crippen LogP contribution in [0.3, 0.4) is 0 Å². The summed E-state index contributed by atoms with van der Waals surface area (Å²) in [4.78, 5) is 2.48. The number of benzene rings is 1. The molecule has 3 rings (SSSR count). The molecule has 1 fully saturated rings. The van der Waals surface area contributed by atoms with E-state index in [4.69, 9.17) is 14.6 Å². The van der Waals surface area contributed by atoms with Crippen molar-refractivity contribution in [3.63, 3.8) is 0 Å². The van der Waals surface area contributed by atoms with Crippen LogP contribution >= 0.6 is 0 Å². The minimum atomic E-state index is 0.268. The van der Waals surface area contributed by atoms with Gasteiger partial charge < -0.3 is 14.6 Å². The highest BCUT2D eigenvalue weighted by molar-refractivity contribution is 5.44. The van der Waals surface area contributed by atoms with Crippen LogP contribution in [0.5, 0.6) is 11.5 Å². The van der Waals surface area contributed by atoms with Crippen LogP contribution in [0.4, 0.5) is 0 Å². The van der Waals surface area contributed by atoms with Gasteiger partial charge in [-0.3, -0.25) is 4.90 Å². The molecular weight excluding hydrogens is 242 g/mol. The van der Waals surface area contributed by atoms with Gasteiger partial charge in [-0.05, 0) is 37.0 Å². The summed E-state index contributed by atoms with van der Waals surface area (Å²) in [7, 11) is 0. The van der Waals surface area contributed by atoms with Crippen molar-refractivity contribution >= 4 is 0 Å². The Bertz CT molecular complexity index is 431. The molecule has 1 aromatic rings. The highest BCUT2D eigenvalue weighted by Gasteiger charge is 2.25. The molecule has 0 aromatic heterocycles. The molecule has 0 atom stereocenters. The molecule has 104 valence electrons. The average molecular weight is 263 g/mol. The van der Waals surface area contributed by atoms with E-state index in [1.54, 1.807) is 0 Å². The molecule has 1 aliphatic carbocycles. The number of rotatable bonds is 6. The van der Waals surface area contributed by atoms with E-state index < -0.39 is 0 Å². The van der Waals surface area contributed by atoms with Crippen LogP contribution in [0.15, 0.2) is 18.2 Å². The summed E-state index contributed by atoms with van der Waals surface area (Å²) in [6, 6.07) is 6.87. The second kappa shape index (κ2) is 5.80. The Labute approximate surface area is 113 Å². The maximum Gasteiger partial charge on any atom is 0.231 e. The first kappa shape index (κ1) is 12.8. The van der Waals surface area contributed by atoms with Gasteiger partial charge in [0.25, 0.3) is 0 Å². The number of aliphatic hydroxyl groups is 1. The molecule has 4 heteroatoms. The number of hydrogen-bond acceptors (Lipinski definition) is 4. The van der Waals surface area contributed by atoms with Gasteiger partial charge in [0.1, 0.15) is 0 Å². The van der Waals surface area contributed by atoms with Crippen molar-refractivity contribution in [1.82, 2.24) is 4.90 Å². The predicted molar refractivity (Wildman–Crippen MR) is 72.3 cm³/mol. The molecule has 2 aliphatic rings. The van der Waals surface area contributed by atoms with E-state index in [0.717, 1.165) is 31.0 Å². The zero-order chi connectivity index (χ0) is 13.1. The first-order chi connectivity index (χ1) is 9.36. The van der Waals surface area contributed by atoms with E-state index in [1.807, 2.05) is 6.07 Å². The number of nitrogens with zero attached hydrogens (tertiary/aromatic N) is 1. The van der Waals surface area contributed by atoms with Gasteiger partial charge in [0, 0.05) is 25.7 Å². The lowest BCUT2D eigenvalue weighted by Gasteiger charge is -2.37. The molecular formula is C15H21NO3. The molecule has 1 heterocycles. The third kappa shape index (κ3) is 2.85. The Kier molecular flexibility index (Phi) is 3.89. The summed E-state index contributed by atoms with van der Waals surface area (Å²) in [5, 5.41) is 9.02. The molecule has 0 radical (unpaired) electrons. The van der Waals surface area contributed by atoms with Crippen molar-refractivity contribution in [2.45, 2.75) is 38.3 Å². The van der Waals surface area contributed by atoms with Crippen LogP contribution in [0.1, 0.15) is 31.2 Å².